The van der Waals surface area contributed by atoms with E-state index in [0.717, 1.165) is 21.5 Å². The molecule has 0 saturated heterocycles. The molecule has 0 bridgehead atoms. The lowest BCUT2D eigenvalue weighted by atomic mass is 10.2. The highest BCUT2D eigenvalue weighted by Gasteiger charge is 2.11. The quantitative estimate of drug-likeness (QED) is 0.797. The van der Waals surface area contributed by atoms with E-state index in [2.05, 4.69) is 10.3 Å². The number of aryl methyl sites for hydroxylation is 1. The summed E-state index contributed by atoms with van der Waals surface area (Å²) in [6.45, 7) is 2.02. The van der Waals surface area contributed by atoms with Gasteiger partial charge in [-0.1, -0.05) is 29.5 Å². The van der Waals surface area contributed by atoms with Crippen LogP contribution in [0.1, 0.15) is 15.9 Å². The Bertz CT molecular complexity index is 839. The van der Waals surface area contributed by atoms with Gasteiger partial charge in [0.05, 0.1) is 10.2 Å². The molecular weight excluding hydrogens is 294 g/mol. The molecule has 0 radical (unpaired) electrons. The van der Waals surface area contributed by atoms with Crippen LogP contribution in [0.4, 0.5) is 10.8 Å². The first-order valence-corrected chi connectivity index (χ1v) is 7.81. The molecule has 3 aromatic rings. The van der Waals surface area contributed by atoms with Gasteiger partial charge in [-0.3, -0.25) is 10.1 Å². The van der Waals surface area contributed by atoms with Crippen LogP contribution in [0.5, 0.6) is 0 Å². The molecule has 1 N–H and O–H groups in total. The fourth-order valence-electron chi connectivity index (χ4n) is 2.23. The molecule has 0 atom stereocenters. The molecule has 4 nitrogen and oxygen atoms in total. The first-order valence-electron chi connectivity index (χ1n) is 6.99. The summed E-state index contributed by atoms with van der Waals surface area (Å²) in [5, 5.41) is 3.52. The van der Waals surface area contributed by atoms with E-state index < -0.39 is 0 Å². The smallest absolute Gasteiger partial charge is 0.257 e. The van der Waals surface area contributed by atoms with Crippen molar-refractivity contribution < 1.29 is 4.79 Å². The zero-order chi connectivity index (χ0) is 15.7. The van der Waals surface area contributed by atoms with Crippen molar-refractivity contribution >= 4 is 38.3 Å². The van der Waals surface area contributed by atoms with Gasteiger partial charge in [0.2, 0.25) is 0 Å². The van der Waals surface area contributed by atoms with Crippen LogP contribution in [0.3, 0.4) is 0 Å². The Kier molecular flexibility index (Phi) is 3.81. The van der Waals surface area contributed by atoms with E-state index in [1.165, 1.54) is 11.3 Å². The van der Waals surface area contributed by atoms with E-state index in [1.54, 1.807) is 6.07 Å². The zero-order valence-corrected chi connectivity index (χ0v) is 13.6. The largest absolute Gasteiger partial charge is 0.378 e. The van der Waals surface area contributed by atoms with Gasteiger partial charge in [0.15, 0.2) is 5.13 Å². The number of carbonyl (C=O) groups excluding carboxylic acids is 1. The summed E-state index contributed by atoms with van der Waals surface area (Å²) in [4.78, 5) is 18.9. The molecule has 112 valence electrons. The number of benzene rings is 2. The maximum atomic E-state index is 12.4. The SMILES string of the molecule is Cc1cccc2sc(NC(=O)c3cccc(N(C)C)c3)nc12. The van der Waals surface area contributed by atoms with Crippen LogP contribution in [-0.4, -0.2) is 25.0 Å². The van der Waals surface area contributed by atoms with Crippen molar-refractivity contribution in [2.75, 3.05) is 24.3 Å². The van der Waals surface area contributed by atoms with Crippen LogP contribution in [0.15, 0.2) is 42.5 Å². The summed E-state index contributed by atoms with van der Waals surface area (Å²) in [6, 6.07) is 13.6. The summed E-state index contributed by atoms with van der Waals surface area (Å²) >= 11 is 1.49. The molecule has 5 heteroatoms. The number of hydrogen-bond acceptors (Lipinski definition) is 4. The van der Waals surface area contributed by atoms with Gasteiger partial charge in [-0.25, -0.2) is 4.98 Å². The second kappa shape index (κ2) is 5.77. The molecule has 3 rings (SSSR count). The maximum Gasteiger partial charge on any atom is 0.257 e. The third kappa shape index (κ3) is 2.80. The normalized spacial score (nSPS) is 10.7. The summed E-state index contributed by atoms with van der Waals surface area (Å²) in [5.74, 6) is -0.139. The number of aromatic nitrogens is 1. The first-order chi connectivity index (χ1) is 10.5. The van der Waals surface area contributed by atoms with Gasteiger partial charge >= 0.3 is 0 Å². The molecule has 22 heavy (non-hydrogen) atoms. The van der Waals surface area contributed by atoms with Crippen LogP contribution in [0.25, 0.3) is 10.2 Å². The van der Waals surface area contributed by atoms with Crippen molar-refractivity contribution in [1.82, 2.24) is 4.98 Å². The second-order valence-corrected chi connectivity index (χ2v) is 6.37. The summed E-state index contributed by atoms with van der Waals surface area (Å²) < 4.78 is 1.08. The zero-order valence-electron chi connectivity index (χ0n) is 12.8. The molecular formula is C17H17N3OS. The van der Waals surface area contributed by atoms with Gasteiger partial charge in [0.25, 0.3) is 5.91 Å². The molecule has 1 amide bonds. The van der Waals surface area contributed by atoms with Crippen molar-refractivity contribution in [3.05, 3.63) is 53.6 Å². The Hall–Kier alpha value is -2.40. The van der Waals surface area contributed by atoms with Crippen LogP contribution >= 0.6 is 11.3 Å². The number of fused-ring (bicyclic) bond motifs is 1. The minimum absolute atomic E-state index is 0.139. The molecule has 0 spiro atoms. The first kappa shape index (κ1) is 14.5. The van der Waals surface area contributed by atoms with Gasteiger partial charge in [-0.05, 0) is 36.8 Å². The van der Waals surface area contributed by atoms with E-state index in [1.807, 2.05) is 62.3 Å². The molecule has 0 aliphatic heterocycles. The molecule has 0 saturated carbocycles. The van der Waals surface area contributed by atoms with Crippen LogP contribution in [-0.2, 0) is 0 Å². The molecule has 0 aliphatic rings. The topological polar surface area (TPSA) is 45.2 Å². The average molecular weight is 311 g/mol. The molecule has 1 heterocycles. The molecule has 1 aromatic heterocycles. The van der Waals surface area contributed by atoms with Gasteiger partial charge < -0.3 is 4.90 Å². The highest BCUT2D eigenvalue weighted by molar-refractivity contribution is 7.22. The number of carbonyl (C=O) groups is 1. The van der Waals surface area contributed by atoms with E-state index in [9.17, 15) is 4.79 Å². The van der Waals surface area contributed by atoms with E-state index in [0.29, 0.717) is 10.7 Å². The van der Waals surface area contributed by atoms with Crippen molar-refractivity contribution in [3.8, 4) is 0 Å². The molecule has 0 unspecified atom stereocenters. The molecule has 0 fully saturated rings. The third-order valence-electron chi connectivity index (χ3n) is 3.47. The van der Waals surface area contributed by atoms with Crippen molar-refractivity contribution in [2.24, 2.45) is 0 Å². The lowest BCUT2D eigenvalue weighted by Crippen LogP contribution is -2.14. The molecule has 2 aromatic carbocycles. The Morgan fingerprint density at radius 2 is 1.95 bits per heavy atom. The van der Waals surface area contributed by atoms with Crippen molar-refractivity contribution in [3.63, 3.8) is 0 Å². The minimum atomic E-state index is -0.139. The number of thiazole rings is 1. The fraction of sp³-hybridized carbons (Fsp3) is 0.176. The Morgan fingerprint density at radius 3 is 2.68 bits per heavy atom. The van der Waals surface area contributed by atoms with E-state index >= 15 is 0 Å². The summed E-state index contributed by atoms with van der Waals surface area (Å²) in [6.07, 6.45) is 0. The van der Waals surface area contributed by atoms with E-state index in [4.69, 9.17) is 0 Å². The number of nitrogens with one attached hydrogen (secondary N) is 1. The number of anilines is 2. The summed E-state index contributed by atoms with van der Waals surface area (Å²) in [5.41, 5.74) is 3.68. The molecule has 0 aliphatic carbocycles. The minimum Gasteiger partial charge on any atom is -0.378 e. The Morgan fingerprint density at radius 1 is 1.18 bits per heavy atom. The van der Waals surface area contributed by atoms with Gasteiger partial charge in [0, 0.05) is 25.3 Å². The van der Waals surface area contributed by atoms with E-state index in [-0.39, 0.29) is 5.91 Å². The number of hydrogen-bond donors (Lipinski definition) is 1. The fourth-order valence-corrected chi connectivity index (χ4v) is 3.17. The van der Waals surface area contributed by atoms with Crippen LogP contribution in [0, 0.1) is 6.92 Å². The highest BCUT2D eigenvalue weighted by atomic mass is 32.1. The third-order valence-corrected chi connectivity index (χ3v) is 4.40. The Balaban J connectivity index is 1.86. The van der Waals surface area contributed by atoms with Gasteiger partial charge in [-0.15, -0.1) is 0 Å². The van der Waals surface area contributed by atoms with Gasteiger partial charge in [-0.2, -0.15) is 0 Å². The predicted molar refractivity (Wildman–Crippen MR) is 93.1 cm³/mol. The van der Waals surface area contributed by atoms with Gasteiger partial charge in [0.1, 0.15) is 0 Å². The Labute approximate surface area is 133 Å². The second-order valence-electron chi connectivity index (χ2n) is 5.34. The number of para-hydroxylation sites is 1. The highest BCUT2D eigenvalue weighted by Crippen LogP contribution is 2.28. The lowest BCUT2D eigenvalue weighted by Gasteiger charge is -2.13. The van der Waals surface area contributed by atoms with Crippen LogP contribution in [0.2, 0.25) is 0 Å². The monoisotopic (exact) mass is 311 g/mol. The maximum absolute atomic E-state index is 12.4. The predicted octanol–water partition coefficient (Wildman–Crippen LogP) is 3.92. The van der Waals surface area contributed by atoms with Crippen molar-refractivity contribution in [2.45, 2.75) is 6.92 Å². The van der Waals surface area contributed by atoms with Crippen molar-refractivity contribution in [1.29, 1.82) is 0 Å². The van der Waals surface area contributed by atoms with Crippen LogP contribution < -0.4 is 10.2 Å². The summed E-state index contributed by atoms with van der Waals surface area (Å²) in [7, 11) is 3.90. The number of rotatable bonds is 3. The number of amides is 1. The number of nitrogens with zero attached hydrogens (tertiary/aromatic N) is 2. The average Bonchev–Trinajstić information content (AvgIpc) is 2.91. The standard InChI is InChI=1S/C17H17N3OS/c1-11-6-4-9-14-15(11)18-17(22-14)19-16(21)12-7-5-8-13(10-12)20(2)3/h4-10H,1-3H3,(H,18,19,21). The lowest BCUT2D eigenvalue weighted by molar-refractivity contribution is 0.102.